The second-order valence-electron chi connectivity index (χ2n) is 5.07. The molecule has 1 aliphatic rings. The lowest BCUT2D eigenvalue weighted by molar-refractivity contribution is 0.416. The van der Waals surface area contributed by atoms with Crippen LogP contribution in [-0.4, -0.2) is 25.7 Å². The first-order chi connectivity index (χ1) is 10.8. The van der Waals surface area contributed by atoms with Crippen LogP contribution in [-0.2, 0) is 6.42 Å². The van der Waals surface area contributed by atoms with Gasteiger partial charge in [0.15, 0.2) is 0 Å². The van der Waals surface area contributed by atoms with Gasteiger partial charge in [0, 0.05) is 18.1 Å². The number of hydrogen-bond acceptors (Lipinski definition) is 3. The molecule has 0 saturated carbocycles. The molecule has 3 aromatic rings. The quantitative estimate of drug-likeness (QED) is 0.733. The minimum atomic E-state index is 0. The van der Waals surface area contributed by atoms with Crippen LogP contribution in [0.2, 0.25) is 0 Å². The van der Waals surface area contributed by atoms with Crippen molar-refractivity contribution in [3.8, 4) is 11.5 Å². The van der Waals surface area contributed by atoms with E-state index in [9.17, 15) is 0 Å². The van der Waals surface area contributed by atoms with Gasteiger partial charge < -0.3 is 19.8 Å². The average molecular weight is 312 g/mol. The maximum atomic E-state index is 5.19. The molecule has 0 aliphatic carbocycles. The molecule has 0 radical (unpaired) electrons. The van der Waals surface area contributed by atoms with E-state index in [0.29, 0.717) is 0 Å². The zero-order valence-electron chi connectivity index (χ0n) is 12.8. The molecule has 0 unspecified atom stereocenters. The van der Waals surface area contributed by atoms with Crippen molar-refractivity contribution in [2.24, 2.45) is 0 Å². The normalized spacial score (nSPS) is 11.6. The third-order valence-corrected chi connectivity index (χ3v) is 3.80. The lowest BCUT2D eigenvalue weighted by Crippen LogP contribution is -1.93. The molecule has 2 aromatic carbocycles. The molecule has 2 N–H and O–H groups in total. The Morgan fingerprint density at radius 2 is 1.65 bits per heavy atom. The van der Waals surface area contributed by atoms with E-state index < -0.39 is 0 Å². The van der Waals surface area contributed by atoms with Crippen molar-refractivity contribution < 1.29 is 9.47 Å². The molecule has 122 valence electrons. The van der Waals surface area contributed by atoms with Crippen LogP contribution < -0.4 is 14.8 Å². The van der Waals surface area contributed by atoms with Crippen molar-refractivity contribution >= 4 is 16.6 Å². The van der Waals surface area contributed by atoms with Gasteiger partial charge in [-0.3, -0.25) is 0 Å². The summed E-state index contributed by atoms with van der Waals surface area (Å²) in [5, 5.41) is 4.48. The van der Waals surface area contributed by atoms with Crippen molar-refractivity contribution in [1.82, 2.24) is 4.98 Å². The van der Waals surface area contributed by atoms with E-state index in [0.717, 1.165) is 30.0 Å². The summed E-state index contributed by atoms with van der Waals surface area (Å²) in [5.41, 5.74) is 3.61. The van der Waals surface area contributed by atoms with E-state index in [4.69, 9.17) is 9.47 Å². The summed E-state index contributed by atoms with van der Waals surface area (Å²) in [6, 6.07) is 14.2. The molecule has 4 heteroatoms. The highest BCUT2D eigenvalue weighted by Crippen LogP contribution is 2.31. The second-order valence-corrected chi connectivity index (χ2v) is 5.07. The summed E-state index contributed by atoms with van der Waals surface area (Å²) in [6.07, 6.45) is 3.03. The van der Waals surface area contributed by atoms with Gasteiger partial charge in [0.05, 0.1) is 25.4 Å². The number of ether oxygens (including phenoxy) is 2. The fourth-order valence-electron chi connectivity index (χ4n) is 2.70. The number of para-hydroxylation sites is 2. The maximum absolute atomic E-state index is 5.19. The first-order valence-electron chi connectivity index (χ1n) is 7.33. The number of benzene rings is 2. The Labute approximate surface area is 137 Å². The Balaban J connectivity index is 0.000000160. The fraction of sp³-hybridized carbons (Fsp3) is 0.263. The predicted octanol–water partition coefficient (Wildman–Crippen LogP) is 4.48. The van der Waals surface area contributed by atoms with Crippen molar-refractivity contribution in [1.29, 1.82) is 0 Å². The summed E-state index contributed by atoms with van der Waals surface area (Å²) in [4.78, 5) is 3.11. The minimum absolute atomic E-state index is 0. The van der Waals surface area contributed by atoms with Crippen molar-refractivity contribution in [3.63, 3.8) is 0 Å². The van der Waals surface area contributed by atoms with Crippen LogP contribution in [0.1, 0.15) is 13.0 Å². The highest BCUT2D eigenvalue weighted by atomic mass is 16.5. The highest BCUT2D eigenvalue weighted by molar-refractivity contribution is 5.84. The largest absolute Gasteiger partial charge is 0.495 e. The SMILES string of the molecule is C.COc1cccc2c1NCC2.COc1cccc2cc[nH]c12. The van der Waals surface area contributed by atoms with Gasteiger partial charge in [-0.1, -0.05) is 31.7 Å². The molecule has 23 heavy (non-hydrogen) atoms. The molecule has 0 bridgehead atoms. The predicted molar refractivity (Wildman–Crippen MR) is 96.8 cm³/mol. The Kier molecular flexibility index (Phi) is 5.52. The van der Waals surface area contributed by atoms with Gasteiger partial charge in [-0.2, -0.15) is 0 Å². The van der Waals surface area contributed by atoms with Crippen LogP contribution in [0.25, 0.3) is 10.9 Å². The Morgan fingerprint density at radius 3 is 2.43 bits per heavy atom. The summed E-state index contributed by atoms with van der Waals surface area (Å²) in [6.45, 7) is 1.04. The van der Waals surface area contributed by atoms with Crippen molar-refractivity contribution in [2.75, 3.05) is 26.1 Å². The van der Waals surface area contributed by atoms with E-state index in [1.165, 1.54) is 16.6 Å². The van der Waals surface area contributed by atoms with Gasteiger partial charge in [-0.25, -0.2) is 0 Å². The Bertz CT molecular complexity index is 765. The first kappa shape index (κ1) is 16.7. The first-order valence-corrected chi connectivity index (χ1v) is 7.33. The molecule has 0 atom stereocenters. The molecule has 0 spiro atoms. The van der Waals surface area contributed by atoms with E-state index in [1.54, 1.807) is 14.2 Å². The second kappa shape index (κ2) is 7.58. The van der Waals surface area contributed by atoms with Crippen LogP contribution in [0.15, 0.2) is 48.7 Å². The molecule has 4 rings (SSSR count). The number of fused-ring (bicyclic) bond motifs is 2. The molecule has 1 aromatic heterocycles. The summed E-state index contributed by atoms with van der Waals surface area (Å²) in [7, 11) is 3.38. The van der Waals surface area contributed by atoms with E-state index in [1.807, 2.05) is 42.6 Å². The number of methoxy groups -OCH3 is 2. The monoisotopic (exact) mass is 312 g/mol. The summed E-state index contributed by atoms with van der Waals surface area (Å²) < 4.78 is 10.3. The number of anilines is 1. The Morgan fingerprint density at radius 1 is 0.913 bits per heavy atom. The lowest BCUT2D eigenvalue weighted by Gasteiger charge is -2.05. The number of H-pyrrole nitrogens is 1. The highest BCUT2D eigenvalue weighted by Gasteiger charge is 2.13. The molecular weight excluding hydrogens is 288 g/mol. The average Bonchev–Trinajstić information content (AvgIpc) is 3.23. The van der Waals surface area contributed by atoms with Crippen molar-refractivity contribution in [2.45, 2.75) is 13.8 Å². The van der Waals surface area contributed by atoms with Gasteiger partial charge in [-0.05, 0) is 30.2 Å². The smallest absolute Gasteiger partial charge is 0.142 e. The third-order valence-electron chi connectivity index (χ3n) is 3.80. The zero-order valence-corrected chi connectivity index (χ0v) is 12.8. The van der Waals surface area contributed by atoms with Crippen molar-refractivity contribution in [3.05, 3.63) is 54.2 Å². The molecule has 4 nitrogen and oxygen atoms in total. The van der Waals surface area contributed by atoms with Crippen LogP contribution in [0.3, 0.4) is 0 Å². The molecule has 1 aliphatic heterocycles. The number of hydrogen-bond donors (Lipinski definition) is 2. The van der Waals surface area contributed by atoms with Crippen LogP contribution in [0.5, 0.6) is 11.5 Å². The number of aromatic amines is 1. The van der Waals surface area contributed by atoms with E-state index in [-0.39, 0.29) is 7.43 Å². The van der Waals surface area contributed by atoms with Gasteiger partial charge in [-0.15, -0.1) is 0 Å². The van der Waals surface area contributed by atoms with Gasteiger partial charge in [0.25, 0.3) is 0 Å². The molecular formula is C19H24N2O2. The third kappa shape index (κ3) is 3.42. The topological polar surface area (TPSA) is 46.3 Å². The van der Waals surface area contributed by atoms with E-state index >= 15 is 0 Å². The van der Waals surface area contributed by atoms with Gasteiger partial charge >= 0.3 is 0 Å². The molecule has 2 heterocycles. The number of nitrogens with one attached hydrogen (secondary N) is 2. The Hall–Kier alpha value is -2.62. The van der Waals surface area contributed by atoms with E-state index in [2.05, 4.69) is 16.4 Å². The number of aromatic nitrogens is 1. The molecule has 0 amide bonds. The molecule has 0 saturated heterocycles. The van der Waals surface area contributed by atoms with Gasteiger partial charge in [0.2, 0.25) is 0 Å². The minimum Gasteiger partial charge on any atom is -0.495 e. The summed E-state index contributed by atoms with van der Waals surface area (Å²) >= 11 is 0. The van der Waals surface area contributed by atoms with Gasteiger partial charge in [0.1, 0.15) is 11.5 Å². The standard InChI is InChI=1S/C9H11NO.C9H9NO.CH4/c2*1-11-8-4-2-3-7-5-6-10-9(7)8;/h2-4,10H,5-6H2,1H3;2-6,10H,1H3;1H4. The van der Waals surface area contributed by atoms with Crippen LogP contribution in [0, 0.1) is 0 Å². The summed E-state index contributed by atoms with van der Waals surface area (Å²) in [5.74, 6) is 1.85. The zero-order chi connectivity index (χ0) is 15.4. The lowest BCUT2D eigenvalue weighted by atomic mass is 10.1. The number of rotatable bonds is 2. The molecule has 0 fully saturated rings. The van der Waals surface area contributed by atoms with Crippen LogP contribution >= 0.6 is 0 Å². The van der Waals surface area contributed by atoms with Crippen LogP contribution in [0.4, 0.5) is 5.69 Å². The maximum Gasteiger partial charge on any atom is 0.142 e. The fourth-order valence-corrected chi connectivity index (χ4v) is 2.70.